The third-order valence-electron chi connectivity index (χ3n) is 4.40. The Balaban J connectivity index is 1.95. The van der Waals surface area contributed by atoms with Crippen LogP contribution in [0.15, 0.2) is 24.3 Å². The molecule has 1 atom stereocenters. The Morgan fingerprint density at radius 1 is 1.30 bits per heavy atom. The summed E-state index contributed by atoms with van der Waals surface area (Å²) < 4.78 is 48.1. The molecule has 2 aromatic rings. The molecule has 1 aromatic heterocycles. The van der Waals surface area contributed by atoms with Crippen LogP contribution in [0, 0.1) is 6.92 Å². The molecule has 7 nitrogen and oxygen atoms in total. The normalized spacial score (nSPS) is 12.4. The van der Waals surface area contributed by atoms with Crippen LogP contribution in [-0.2, 0) is 17.3 Å². The molecule has 0 spiro atoms. The molecule has 164 valence electrons. The van der Waals surface area contributed by atoms with Gasteiger partial charge in [0, 0.05) is 12.2 Å². The standard InChI is InChI=1S/C20H23F3N2O5/c1-4-15-16(19(28)29-3)11(2)17(25-15)18(27)24-9-13(26)10-30-14-7-5-6-12(8-14)20(21,22)23/h5-8,13,25-26H,4,9-10H2,1-3H3,(H,24,27). The molecule has 0 radical (unpaired) electrons. The van der Waals surface area contributed by atoms with E-state index in [2.05, 4.69) is 10.3 Å². The van der Waals surface area contributed by atoms with Crippen molar-refractivity contribution in [1.29, 1.82) is 0 Å². The number of aliphatic hydroxyl groups is 1. The molecular weight excluding hydrogens is 405 g/mol. The third kappa shape index (κ3) is 5.53. The van der Waals surface area contributed by atoms with E-state index in [1.165, 1.54) is 19.2 Å². The number of aryl methyl sites for hydroxylation is 1. The lowest BCUT2D eigenvalue weighted by Crippen LogP contribution is -2.35. The van der Waals surface area contributed by atoms with Gasteiger partial charge < -0.3 is 24.9 Å². The Labute approximate surface area is 171 Å². The Kier molecular flexibility index (Phi) is 7.49. The van der Waals surface area contributed by atoms with Crippen molar-refractivity contribution in [2.75, 3.05) is 20.3 Å². The van der Waals surface area contributed by atoms with E-state index in [0.717, 1.165) is 12.1 Å². The van der Waals surface area contributed by atoms with Gasteiger partial charge in [-0.25, -0.2) is 4.79 Å². The number of nitrogens with one attached hydrogen (secondary N) is 2. The summed E-state index contributed by atoms with van der Waals surface area (Å²) in [6.07, 6.45) is -5.18. The van der Waals surface area contributed by atoms with Crippen LogP contribution < -0.4 is 10.1 Å². The van der Waals surface area contributed by atoms with E-state index in [0.29, 0.717) is 23.2 Å². The van der Waals surface area contributed by atoms with Gasteiger partial charge in [-0.15, -0.1) is 0 Å². The van der Waals surface area contributed by atoms with Gasteiger partial charge in [0.15, 0.2) is 0 Å². The quantitative estimate of drug-likeness (QED) is 0.562. The van der Waals surface area contributed by atoms with E-state index in [1.54, 1.807) is 6.92 Å². The lowest BCUT2D eigenvalue weighted by molar-refractivity contribution is -0.137. The van der Waals surface area contributed by atoms with E-state index < -0.39 is 29.7 Å². The highest BCUT2D eigenvalue weighted by Gasteiger charge is 2.30. The zero-order valence-electron chi connectivity index (χ0n) is 16.7. The molecule has 3 N–H and O–H groups in total. The zero-order valence-corrected chi connectivity index (χ0v) is 16.7. The van der Waals surface area contributed by atoms with Gasteiger partial charge in [0.05, 0.1) is 18.2 Å². The monoisotopic (exact) mass is 428 g/mol. The van der Waals surface area contributed by atoms with Crippen molar-refractivity contribution in [2.24, 2.45) is 0 Å². The first-order valence-electron chi connectivity index (χ1n) is 9.14. The molecule has 0 saturated heterocycles. The fourth-order valence-electron chi connectivity index (χ4n) is 2.84. The highest BCUT2D eigenvalue weighted by Crippen LogP contribution is 2.31. The maximum atomic E-state index is 12.7. The van der Waals surface area contributed by atoms with Gasteiger partial charge in [0.2, 0.25) is 0 Å². The SMILES string of the molecule is CCc1[nH]c(C(=O)NCC(O)COc2cccc(C(F)(F)F)c2)c(C)c1C(=O)OC. The number of rotatable bonds is 8. The number of aliphatic hydroxyl groups excluding tert-OH is 1. The predicted octanol–water partition coefficient (Wildman–Crippen LogP) is 2.86. The van der Waals surface area contributed by atoms with E-state index in [1.807, 2.05) is 6.92 Å². The number of alkyl halides is 3. The lowest BCUT2D eigenvalue weighted by Gasteiger charge is -2.14. The first-order valence-corrected chi connectivity index (χ1v) is 9.14. The molecule has 0 aliphatic carbocycles. The molecular formula is C20H23F3N2O5. The molecule has 0 aliphatic heterocycles. The lowest BCUT2D eigenvalue weighted by atomic mass is 10.1. The number of hydrogen-bond donors (Lipinski definition) is 3. The van der Waals surface area contributed by atoms with E-state index >= 15 is 0 Å². The summed E-state index contributed by atoms with van der Waals surface area (Å²) in [5, 5.41) is 12.5. The van der Waals surface area contributed by atoms with Crippen molar-refractivity contribution < 1.29 is 37.3 Å². The van der Waals surface area contributed by atoms with Crippen molar-refractivity contribution in [2.45, 2.75) is 32.5 Å². The number of carbonyl (C=O) groups excluding carboxylic acids is 2. The summed E-state index contributed by atoms with van der Waals surface area (Å²) in [7, 11) is 1.24. The molecule has 0 aliphatic rings. The molecule has 1 amide bonds. The molecule has 1 heterocycles. The van der Waals surface area contributed by atoms with Gasteiger partial charge in [-0.3, -0.25) is 4.79 Å². The summed E-state index contributed by atoms with van der Waals surface area (Å²) in [4.78, 5) is 27.2. The Morgan fingerprint density at radius 2 is 2.00 bits per heavy atom. The smallest absolute Gasteiger partial charge is 0.416 e. The number of hydrogen-bond acceptors (Lipinski definition) is 5. The average molecular weight is 428 g/mol. The van der Waals surface area contributed by atoms with Gasteiger partial charge in [0.25, 0.3) is 5.91 Å². The second-order valence-electron chi connectivity index (χ2n) is 6.52. The third-order valence-corrected chi connectivity index (χ3v) is 4.40. The van der Waals surface area contributed by atoms with Crippen molar-refractivity contribution >= 4 is 11.9 Å². The minimum Gasteiger partial charge on any atom is -0.491 e. The topological polar surface area (TPSA) is 101 Å². The van der Waals surface area contributed by atoms with E-state index in [4.69, 9.17) is 9.47 Å². The average Bonchev–Trinajstić information content (AvgIpc) is 3.05. The molecule has 1 aromatic carbocycles. The molecule has 10 heteroatoms. The highest BCUT2D eigenvalue weighted by molar-refractivity contribution is 6.00. The Morgan fingerprint density at radius 3 is 2.60 bits per heavy atom. The fourth-order valence-corrected chi connectivity index (χ4v) is 2.84. The van der Waals surface area contributed by atoms with Gasteiger partial charge in [0.1, 0.15) is 24.2 Å². The summed E-state index contributed by atoms with van der Waals surface area (Å²) >= 11 is 0. The summed E-state index contributed by atoms with van der Waals surface area (Å²) in [6, 6.07) is 4.28. The molecule has 2 rings (SSSR count). The van der Waals surface area contributed by atoms with Crippen LogP contribution in [-0.4, -0.2) is 48.3 Å². The van der Waals surface area contributed by atoms with Crippen LogP contribution >= 0.6 is 0 Å². The summed E-state index contributed by atoms with van der Waals surface area (Å²) in [5.41, 5.74) is 0.568. The molecule has 30 heavy (non-hydrogen) atoms. The van der Waals surface area contributed by atoms with Gasteiger partial charge in [-0.05, 0) is 37.1 Å². The predicted molar refractivity (Wildman–Crippen MR) is 102 cm³/mol. The van der Waals surface area contributed by atoms with Crippen molar-refractivity contribution in [3.8, 4) is 5.75 Å². The van der Waals surface area contributed by atoms with Crippen LogP contribution in [0.2, 0.25) is 0 Å². The second-order valence-corrected chi connectivity index (χ2v) is 6.52. The van der Waals surface area contributed by atoms with Crippen molar-refractivity contribution in [3.63, 3.8) is 0 Å². The van der Waals surface area contributed by atoms with Crippen LogP contribution in [0.5, 0.6) is 5.75 Å². The zero-order chi connectivity index (χ0) is 22.5. The summed E-state index contributed by atoms with van der Waals surface area (Å²) in [5.74, 6) is -1.16. The fraction of sp³-hybridized carbons (Fsp3) is 0.400. The molecule has 0 saturated carbocycles. The first-order chi connectivity index (χ1) is 14.1. The minimum absolute atomic E-state index is 0.0503. The van der Waals surface area contributed by atoms with Crippen LogP contribution in [0.3, 0.4) is 0 Å². The Hall–Kier alpha value is -3.01. The van der Waals surface area contributed by atoms with Gasteiger partial charge in [-0.1, -0.05) is 13.0 Å². The minimum atomic E-state index is -4.50. The number of benzene rings is 1. The number of carbonyl (C=O) groups is 2. The number of halogens is 3. The van der Waals surface area contributed by atoms with Crippen molar-refractivity contribution in [3.05, 3.63) is 52.3 Å². The number of H-pyrrole nitrogens is 1. The second kappa shape index (κ2) is 9.66. The number of aromatic nitrogens is 1. The molecule has 0 fully saturated rings. The van der Waals surface area contributed by atoms with Gasteiger partial charge >= 0.3 is 12.1 Å². The number of aromatic amines is 1. The van der Waals surface area contributed by atoms with Crippen LogP contribution in [0.1, 0.15) is 44.6 Å². The number of esters is 1. The first kappa shape index (κ1) is 23.3. The van der Waals surface area contributed by atoms with E-state index in [9.17, 15) is 27.9 Å². The maximum Gasteiger partial charge on any atom is 0.416 e. The summed E-state index contributed by atoms with van der Waals surface area (Å²) in [6.45, 7) is 2.89. The Bertz CT molecular complexity index is 908. The number of methoxy groups -OCH3 is 1. The van der Waals surface area contributed by atoms with Crippen LogP contribution in [0.25, 0.3) is 0 Å². The van der Waals surface area contributed by atoms with Gasteiger partial charge in [-0.2, -0.15) is 13.2 Å². The highest BCUT2D eigenvalue weighted by atomic mass is 19.4. The number of amides is 1. The number of ether oxygens (including phenoxy) is 2. The van der Waals surface area contributed by atoms with E-state index in [-0.39, 0.29) is 24.6 Å². The maximum absolute atomic E-state index is 12.7. The molecule has 1 unspecified atom stereocenters. The largest absolute Gasteiger partial charge is 0.491 e. The van der Waals surface area contributed by atoms with Crippen LogP contribution in [0.4, 0.5) is 13.2 Å². The van der Waals surface area contributed by atoms with Crippen molar-refractivity contribution in [1.82, 2.24) is 10.3 Å². The molecule has 0 bridgehead atoms.